The van der Waals surface area contributed by atoms with Crippen molar-refractivity contribution in [2.75, 3.05) is 12.0 Å². The second-order valence-corrected chi connectivity index (χ2v) is 5.90. The number of rotatable bonds is 6. The minimum absolute atomic E-state index is 0.130. The quantitative estimate of drug-likeness (QED) is 0.481. The lowest BCUT2D eigenvalue weighted by Gasteiger charge is -2.26. The molecule has 0 fully saturated rings. The van der Waals surface area contributed by atoms with Crippen LogP contribution in [0.2, 0.25) is 0 Å². The van der Waals surface area contributed by atoms with E-state index in [1.165, 1.54) is 0 Å². The summed E-state index contributed by atoms with van der Waals surface area (Å²) < 4.78 is 38.7. The van der Waals surface area contributed by atoms with Crippen molar-refractivity contribution in [1.29, 1.82) is 0 Å². The second kappa shape index (κ2) is 7.35. The van der Waals surface area contributed by atoms with Gasteiger partial charge in [-0.15, -0.1) is 0 Å². The lowest BCUT2D eigenvalue weighted by Crippen LogP contribution is -2.43. The first kappa shape index (κ1) is 18.1. The van der Waals surface area contributed by atoms with E-state index in [1.807, 2.05) is 13.8 Å². The number of halogens is 3. The number of carbonyl (C=O) groups is 1. The lowest BCUT2D eigenvalue weighted by molar-refractivity contribution is 0.129. The fourth-order valence-electron chi connectivity index (χ4n) is 1.99. The molecule has 0 aliphatic rings. The maximum Gasteiger partial charge on any atom is 0.333 e. The average molecular weight is 319 g/mol. The van der Waals surface area contributed by atoms with Crippen LogP contribution in [0.5, 0.6) is 0 Å². The zero-order valence-electron chi connectivity index (χ0n) is 12.6. The Morgan fingerprint density at radius 3 is 2.32 bits per heavy atom. The van der Waals surface area contributed by atoms with E-state index in [0.29, 0.717) is 6.42 Å². The number of hydrazine groups is 1. The normalized spacial score (nSPS) is 12.7. The van der Waals surface area contributed by atoms with Gasteiger partial charge >= 0.3 is 6.03 Å². The first-order chi connectivity index (χ1) is 10.1. The Hall–Kier alpha value is -1.96. The molecule has 0 saturated heterocycles. The number of benzene rings is 1. The average Bonchev–Trinajstić information content (AvgIpc) is 2.38. The smallest absolute Gasteiger partial charge is 0.333 e. The number of aliphatic hydroxyl groups is 1. The predicted octanol–water partition coefficient (Wildman–Crippen LogP) is 2.53. The third kappa shape index (κ3) is 5.80. The standard InChI is InChI=1S/C14H20F3N3O2/c1-8(21)6-14(2,3)7-18-13(22)20-19-9-4-10(15)12(17)11(16)5-9/h4-5,8,19,21H,6-7H2,1-3H3,(H2,18,20,22). The van der Waals surface area contributed by atoms with Gasteiger partial charge in [-0.2, -0.15) is 0 Å². The van der Waals surface area contributed by atoms with Crippen LogP contribution in [0.4, 0.5) is 23.7 Å². The molecule has 22 heavy (non-hydrogen) atoms. The number of hydrogen-bond acceptors (Lipinski definition) is 3. The van der Waals surface area contributed by atoms with Gasteiger partial charge in [0, 0.05) is 18.7 Å². The van der Waals surface area contributed by atoms with Crippen molar-refractivity contribution in [3.63, 3.8) is 0 Å². The van der Waals surface area contributed by atoms with Crippen LogP contribution in [0.3, 0.4) is 0 Å². The Balaban J connectivity index is 2.47. The molecule has 0 radical (unpaired) electrons. The molecule has 1 unspecified atom stereocenters. The molecule has 4 N–H and O–H groups in total. The summed E-state index contributed by atoms with van der Waals surface area (Å²) in [5.74, 6) is -4.29. The first-order valence-electron chi connectivity index (χ1n) is 6.73. The SMILES string of the molecule is CC(O)CC(C)(C)CNC(=O)NNc1cc(F)c(F)c(F)c1. The van der Waals surface area contributed by atoms with Gasteiger partial charge in [-0.25, -0.2) is 18.0 Å². The summed E-state index contributed by atoms with van der Waals surface area (Å²) in [5, 5.41) is 11.9. The van der Waals surface area contributed by atoms with E-state index in [4.69, 9.17) is 0 Å². The van der Waals surface area contributed by atoms with E-state index in [2.05, 4.69) is 16.2 Å². The molecule has 2 amide bonds. The molecule has 0 aliphatic heterocycles. The summed E-state index contributed by atoms with van der Waals surface area (Å²) >= 11 is 0. The number of nitrogens with one attached hydrogen (secondary N) is 3. The van der Waals surface area contributed by atoms with Crippen molar-refractivity contribution in [1.82, 2.24) is 10.7 Å². The van der Waals surface area contributed by atoms with Gasteiger partial charge in [0.25, 0.3) is 0 Å². The molecule has 5 nitrogen and oxygen atoms in total. The van der Waals surface area contributed by atoms with Gasteiger partial charge in [0.1, 0.15) is 0 Å². The number of aliphatic hydroxyl groups excluding tert-OH is 1. The Kier molecular flexibility index (Phi) is 6.04. The summed E-state index contributed by atoms with van der Waals surface area (Å²) in [6.45, 7) is 5.69. The minimum Gasteiger partial charge on any atom is -0.393 e. The number of amides is 2. The molecular weight excluding hydrogens is 299 g/mol. The van der Waals surface area contributed by atoms with Crippen molar-refractivity contribution in [3.8, 4) is 0 Å². The summed E-state index contributed by atoms with van der Waals surface area (Å²) in [7, 11) is 0. The van der Waals surface area contributed by atoms with Crippen LogP contribution in [0.15, 0.2) is 12.1 Å². The fourth-order valence-corrected chi connectivity index (χ4v) is 1.99. The Morgan fingerprint density at radius 2 is 1.82 bits per heavy atom. The fraction of sp³-hybridized carbons (Fsp3) is 0.500. The molecule has 0 spiro atoms. The maximum absolute atomic E-state index is 13.0. The topological polar surface area (TPSA) is 73.4 Å². The molecule has 0 saturated carbocycles. The van der Waals surface area contributed by atoms with Crippen molar-refractivity contribution in [2.45, 2.75) is 33.3 Å². The number of anilines is 1. The largest absolute Gasteiger partial charge is 0.393 e. The Bertz CT molecular complexity index is 513. The molecule has 1 aromatic carbocycles. The number of carbonyl (C=O) groups excluding carboxylic acids is 1. The third-order valence-corrected chi connectivity index (χ3v) is 2.88. The van der Waals surface area contributed by atoms with Crippen molar-refractivity contribution in [3.05, 3.63) is 29.6 Å². The van der Waals surface area contributed by atoms with Crippen LogP contribution in [-0.4, -0.2) is 23.8 Å². The van der Waals surface area contributed by atoms with E-state index in [0.717, 1.165) is 12.1 Å². The van der Waals surface area contributed by atoms with E-state index in [1.54, 1.807) is 6.92 Å². The highest BCUT2D eigenvalue weighted by Crippen LogP contribution is 2.21. The predicted molar refractivity (Wildman–Crippen MR) is 76.6 cm³/mol. The zero-order valence-corrected chi connectivity index (χ0v) is 12.6. The molecule has 8 heteroatoms. The maximum atomic E-state index is 13.0. The van der Waals surface area contributed by atoms with E-state index >= 15 is 0 Å². The Morgan fingerprint density at radius 1 is 1.27 bits per heavy atom. The van der Waals surface area contributed by atoms with E-state index in [9.17, 15) is 23.1 Å². The van der Waals surface area contributed by atoms with Gasteiger partial charge in [-0.1, -0.05) is 13.8 Å². The van der Waals surface area contributed by atoms with Crippen molar-refractivity contribution >= 4 is 11.7 Å². The second-order valence-electron chi connectivity index (χ2n) is 5.90. The molecule has 1 rings (SSSR count). The first-order valence-corrected chi connectivity index (χ1v) is 6.73. The summed E-state index contributed by atoms with van der Waals surface area (Å²) in [4.78, 5) is 11.6. The monoisotopic (exact) mass is 319 g/mol. The third-order valence-electron chi connectivity index (χ3n) is 2.88. The van der Waals surface area contributed by atoms with Gasteiger partial charge in [-0.3, -0.25) is 10.9 Å². The highest BCUT2D eigenvalue weighted by molar-refractivity contribution is 5.75. The van der Waals surface area contributed by atoms with Crippen molar-refractivity contribution < 1.29 is 23.1 Å². The van der Waals surface area contributed by atoms with Crippen LogP contribution in [-0.2, 0) is 0 Å². The van der Waals surface area contributed by atoms with Gasteiger partial charge in [0.15, 0.2) is 17.5 Å². The zero-order chi connectivity index (χ0) is 16.9. The van der Waals surface area contributed by atoms with Crippen LogP contribution >= 0.6 is 0 Å². The van der Waals surface area contributed by atoms with Gasteiger partial charge in [0.05, 0.1) is 11.8 Å². The summed E-state index contributed by atoms with van der Waals surface area (Å²) in [5.41, 5.74) is 4.00. The van der Waals surface area contributed by atoms with Gasteiger partial charge < -0.3 is 10.4 Å². The van der Waals surface area contributed by atoms with Gasteiger partial charge in [0.2, 0.25) is 0 Å². The molecule has 0 bridgehead atoms. The molecular formula is C14H20F3N3O2. The molecule has 0 aliphatic carbocycles. The molecule has 0 aromatic heterocycles. The lowest BCUT2D eigenvalue weighted by atomic mass is 9.87. The van der Waals surface area contributed by atoms with Crippen LogP contribution < -0.4 is 16.2 Å². The van der Waals surface area contributed by atoms with Crippen LogP contribution in [0.25, 0.3) is 0 Å². The molecule has 1 atom stereocenters. The van der Waals surface area contributed by atoms with Crippen molar-refractivity contribution in [2.24, 2.45) is 5.41 Å². The van der Waals surface area contributed by atoms with Crippen LogP contribution in [0, 0.1) is 22.9 Å². The highest BCUT2D eigenvalue weighted by Gasteiger charge is 2.21. The van der Waals surface area contributed by atoms with Crippen LogP contribution in [0.1, 0.15) is 27.2 Å². The number of hydrogen-bond donors (Lipinski definition) is 4. The summed E-state index contributed by atoms with van der Waals surface area (Å²) in [6.07, 6.45) is -0.00195. The van der Waals surface area contributed by atoms with Gasteiger partial charge in [-0.05, 0) is 18.8 Å². The summed E-state index contributed by atoms with van der Waals surface area (Å²) in [6, 6.07) is 0.815. The number of urea groups is 1. The van der Waals surface area contributed by atoms with E-state index < -0.39 is 29.6 Å². The molecule has 124 valence electrons. The highest BCUT2D eigenvalue weighted by atomic mass is 19.2. The Labute approximate surface area is 126 Å². The minimum atomic E-state index is -1.57. The molecule has 1 aromatic rings. The van der Waals surface area contributed by atoms with E-state index in [-0.39, 0.29) is 17.6 Å². The molecule has 0 heterocycles.